The second-order valence-corrected chi connectivity index (χ2v) is 15.6. The zero-order valence-corrected chi connectivity index (χ0v) is 34.4. The number of quaternary nitrogens is 1. The van der Waals surface area contributed by atoms with Crippen LogP contribution in [-0.4, -0.2) is 97.4 Å². The van der Waals surface area contributed by atoms with Crippen LogP contribution in [0.2, 0.25) is 0 Å². The largest absolute Gasteiger partial charge is 0.494 e. The minimum absolute atomic E-state index is 0.257. The smallest absolute Gasteiger partial charge is 0.407 e. The van der Waals surface area contributed by atoms with E-state index in [-0.39, 0.29) is 11.9 Å². The standard InChI is InChI=1S/C46H48N8O7/c1-28(32-10-6-5-7-11-32)54(59,46(57)58)53-25-9-13-39(53)42-47-27-37(49-42)33-19-16-30(17-20-33)14-15-31-18-22-35-34(26-31)21-23-36-41(35)50-43(48-36)38-12-8-24-52(38)44(55)40(29(2)60-3)51-45(56)61-4/h5-7,10-11,16-23,26-29,38-40,59H,8-9,12-13,24-25H2,1-4H3,(H3-,47,48,49,50,51,56,57,58)/t28?,29-,38?,39?,40+,54?/m1/s1. The van der Waals surface area contributed by atoms with Crippen molar-refractivity contribution in [3.63, 3.8) is 0 Å². The second kappa shape index (κ2) is 17.2. The van der Waals surface area contributed by atoms with Crippen molar-refractivity contribution in [1.29, 1.82) is 0 Å². The number of nitrogens with one attached hydrogen (secondary N) is 3. The molecule has 15 nitrogen and oxygen atoms in total. The number of hydroxylamine groups is 2. The predicted molar refractivity (Wildman–Crippen MR) is 224 cm³/mol. The quantitative estimate of drug-likeness (QED) is 0.0529. The Balaban J connectivity index is 0.966. The van der Waals surface area contributed by atoms with Gasteiger partial charge in [-0.2, -0.15) is 5.21 Å². The molecule has 2 saturated heterocycles. The third-order valence-corrected chi connectivity index (χ3v) is 12.1. The van der Waals surface area contributed by atoms with Gasteiger partial charge in [-0.15, -0.1) is 5.01 Å². The van der Waals surface area contributed by atoms with Crippen molar-refractivity contribution in [2.75, 3.05) is 27.3 Å². The number of imidazole rings is 2. The summed E-state index contributed by atoms with van der Waals surface area (Å²) in [5.41, 5.74) is 5.65. The van der Waals surface area contributed by atoms with Gasteiger partial charge in [0.2, 0.25) is 5.91 Å². The van der Waals surface area contributed by atoms with Gasteiger partial charge in [0.05, 0.1) is 48.7 Å². The van der Waals surface area contributed by atoms with Crippen LogP contribution in [0.1, 0.15) is 86.0 Å². The Morgan fingerprint density at radius 3 is 2.36 bits per heavy atom. The number of rotatable bonds is 10. The van der Waals surface area contributed by atoms with E-state index in [1.807, 2.05) is 72.8 Å². The van der Waals surface area contributed by atoms with Gasteiger partial charge in [0.25, 0.3) is 0 Å². The molecule has 4 heterocycles. The minimum atomic E-state index is -1.60. The van der Waals surface area contributed by atoms with Gasteiger partial charge < -0.3 is 39.6 Å². The second-order valence-electron chi connectivity index (χ2n) is 15.6. The molecule has 0 bridgehead atoms. The Bertz CT molecular complexity index is 2630. The van der Waals surface area contributed by atoms with Crippen molar-refractivity contribution in [3.8, 4) is 23.1 Å². The van der Waals surface area contributed by atoms with Crippen molar-refractivity contribution in [2.24, 2.45) is 0 Å². The highest BCUT2D eigenvalue weighted by atomic mass is 16.7. The molecule has 6 atom stereocenters. The number of alkyl carbamates (subject to hydrolysis) is 1. The number of carbonyl (C=O) groups excluding carboxylic acids is 3. The first-order valence-electron chi connectivity index (χ1n) is 20.4. The number of hydrogen-bond acceptors (Lipinski definition) is 10. The van der Waals surface area contributed by atoms with E-state index in [0.29, 0.717) is 43.1 Å². The molecule has 314 valence electrons. The van der Waals surface area contributed by atoms with Crippen LogP contribution in [0.25, 0.3) is 33.1 Å². The number of fused-ring (bicyclic) bond motifs is 3. The van der Waals surface area contributed by atoms with E-state index in [9.17, 15) is 24.7 Å². The number of ether oxygens (including phenoxy) is 2. The van der Waals surface area contributed by atoms with E-state index in [2.05, 4.69) is 32.1 Å². The molecule has 61 heavy (non-hydrogen) atoms. The molecule has 2 aliphatic heterocycles. The number of aromatic nitrogens is 4. The van der Waals surface area contributed by atoms with Crippen LogP contribution in [0.4, 0.5) is 9.59 Å². The number of aromatic amines is 2. The fourth-order valence-electron chi connectivity index (χ4n) is 8.61. The summed E-state index contributed by atoms with van der Waals surface area (Å²) in [6, 6.07) is 24.4. The number of hydrogen-bond donors (Lipinski definition) is 4. The number of amides is 3. The Kier molecular flexibility index (Phi) is 11.6. The summed E-state index contributed by atoms with van der Waals surface area (Å²) < 4.78 is 8.81. The fourth-order valence-corrected chi connectivity index (χ4v) is 8.61. The van der Waals surface area contributed by atoms with Crippen molar-refractivity contribution < 1.29 is 38.9 Å². The summed E-state index contributed by atoms with van der Waals surface area (Å²) >= 11 is 0. The number of likely N-dealkylation sites (tertiary alicyclic amines) is 1. The highest BCUT2D eigenvalue weighted by Crippen LogP contribution is 2.40. The Morgan fingerprint density at radius 2 is 1.62 bits per heavy atom. The van der Waals surface area contributed by atoms with E-state index in [1.165, 1.54) is 14.2 Å². The molecular formula is C46H48N8O7. The van der Waals surface area contributed by atoms with Gasteiger partial charge in [0, 0.05) is 35.7 Å². The van der Waals surface area contributed by atoms with Crippen LogP contribution < -0.4 is 10.4 Å². The SMILES string of the molecule is COC(=O)N[C@H](C(=O)N1CCCC1c1nc2ccc3cc(C#Cc4ccc(-c5cnc(C6CCCN6[N+](O)(C(=O)[O-])C(C)c6ccccc6)[nH]5)cc4)ccc3c2[nH]1)[C@@H](C)OC. The molecule has 4 unspecified atom stereocenters. The molecular weight excluding hydrogens is 777 g/mol. The monoisotopic (exact) mass is 824 g/mol. The lowest BCUT2D eigenvalue weighted by atomic mass is 10.1. The van der Waals surface area contributed by atoms with E-state index in [4.69, 9.17) is 14.5 Å². The van der Waals surface area contributed by atoms with Crippen LogP contribution in [-0.2, 0) is 14.3 Å². The van der Waals surface area contributed by atoms with E-state index in [0.717, 1.165) is 57.0 Å². The van der Waals surface area contributed by atoms with Gasteiger partial charge in [0.1, 0.15) is 23.7 Å². The molecule has 2 fully saturated rings. The zero-order chi connectivity index (χ0) is 42.8. The van der Waals surface area contributed by atoms with Crippen LogP contribution in [0, 0.1) is 11.8 Å². The zero-order valence-electron chi connectivity index (χ0n) is 34.4. The summed E-state index contributed by atoms with van der Waals surface area (Å²) in [4.78, 5) is 56.5. The van der Waals surface area contributed by atoms with Gasteiger partial charge in [-0.25, -0.2) is 14.8 Å². The van der Waals surface area contributed by atoms with Crippen molar-refractivity contribution in [3.05, 3.63) is 119 Å². The van der Waals surface area contributed by atoms with Gasteiger partial charge in [-0.3, -0.25) is 4.79 Å². The number of methoxy groups -OCH3 is 2. The molecule has 0 aliphatic carbocycles. The van der Waals surface area contributed by atoms with Crippen molar-refractivity contribution >= 4 is 39.9 Å². The van der Waals surface area contributed by atoms with Crippen LogP contribution in [0.5, 0.6) is 0 Å². The first kappa shape index (κ1) is 41.2. The number of nitrogens with zero attached hydrogens (tertiary/aromatic N) is 5. The summed E-state index contributed by atoms with van der Waals surface area (Å²) in [7, 11) is 2.75. The molecule has 4 aromatic carbocycles. The van der Waals surface area contributed by atoms with Crippen LogP contribution >= 0.6 is 0 Å². The molecule has 15 heteroatoms. The topological polar surface area (TPSA) is 189 Å². The molecule has 4 N–H and O–H groups in total. The molecule has 0 radical (unpaired) electrons. The first-order chi connectivity index (χ1) is 29.5. The summed E-state index contributed by atoms with van der Waals surface area (Å²) in [5.74, 6) is 7.55. The predicted octanol–water partition coefficient (Wildman–Crippen LogP) is 6.29. The lowest BCUT2D eigenvalue weighted by Gasteiger charge is -2.42. The average molecular weight is 825 g/mol. The number of carbonyl (C=O) groups is 3. The maximum absolute atomic E-state index is 13.7. The maximum Gasteiger partial charge on any atom is 0.407 e. The molecule has 2 aromatic heterocycles. The summed E-state index contributed by atoms with van der Waals surface area (Å²) in [6.45, 7) is 4.30. The van der Waals surface area contributed by atoms with Gasteiger partial charge in [0.15, 0.2) is 6.04 Å². The molecule has 2 aliphatic rings. The van der Waals surface area contributed by atoms with Crippen molar-refractivity contribution in [2.45, 2.75) is 69.8 Å². The van der Waals surface area contributed by atoms with Gasteiger partial charge >= 0.3 is 12.2 Å². The Morgan fingerprint density at radius 1 is 0.902 bits per heavy atom. The minimum Gasteiger partial charge on any atom is -0.494 e. The van der Waals surface area contributed by atoms with Crippen molar-refractivity contribution in [1.82, 2.24) is 35.2 Å². The lowest BCUT2D eigenvalue weighted by Crippen LogP contribution is -2.66. The summed E-state index contributed by atoms with van der Waals surface area (Å²) in [5, 5.41) is 30.3. The number of carboxylic acid groups (broad SMARTS) is 1. The Hall–Kier alpha value is -6.57. The Labute approximate surface area is 352 Å². The highest BCUT2D eigenvalue weighted by Gasteiger charge is 2.50. The normalized spacial score (nSPS) is 19.2. The highest BCUT2D eigenvalue weighted by molar-refractivity contribution is 6.04. The summed E-state index contributed by atoms with van der Waals surface area (Å²) in [6.07, 6.45) is 1.69. The molecule has 0 saturated carbocycles. The molecule has 3 amide bonds. The molecule has 0 spiro atoms. The number of H-pyrrole nitrogens is 2. The lowest BCUT2D eigenvalue weighted by molar-refractivity contribution is -1.16. The average Bonchev–Trinajstić information content (AvgIpc) is 4.13. The third kappa shape index (κ3) is 7.94. The first-order valence-corrected chi connectivity index (χ1v) is 20.4. The van der Waals surface area contributed by atoms with Crippen LogP contribution in [0.15, 0.2) is 91.1 Å². The van der Waals surface area contributed by atoms with E-state index < -0.39 is 41.2 Å². The van der Waals surface area contributed by atoms with E-state index in [1.54, 1.807) is 42.1 Å². The van der Waals surface area contributed by atoms with Gasteiger partial charge in [-0.1, -0.05) is 71.2 Å². The fraction of sp³-hybridized carbons (Fsp3) is 0.326. The maximum atomic E-state index is 13.7. The molecule has 6 aromatic rings. The van der Waals surface area contributed by atoms with E-state index >= 15 is 0 Å². The molecule has 8 rings (SSSR count). The van der Waals surface area contributed by atoms with Crippen LogP contribution in [0.3, 0.4) is 0 Å². The van der Waals surface area contributed by atoms with Gasteiger partial charge in [-0.05, 0) is 80.8 Å². The number of benzene rings is 4. The third-order valence-electron chi connectivity index (χ3n) is 12.1.